The molecule has 0 spiro atoms. The Balaban J connectivity index is 2.05. The second kappa shape index (κ2) is 15.1. The van der Waals surface area contributed by atoms with E-state index in [4.69, 9.17) is 20.6 Å². The quantitative estimate of drug-likeness (QED) is 0.117. The van der Waals surface area contributed by atoms with E-state index in [0.717, 1.165) is 37.3 Å². The summed E-state index contributed by atoms with van der Waals surface area (Å²) in [6, 6.07) is 17.1. The van der Waals surface area contributed by atoms with E-state index in [0.29, 0.717) is 12.8 Å². The third-order valence-electron chi connectivity index (χ3n) is 7.63. The predicted octanol–water partition coefficient (Wildman–Crippen LogP) is 7.94. The van der Waals surface area contributed by atoms with Gasteiger partial charge in [-0.15, -0.1) is 0 Å². The molecule has 1 N–H and O–H groups in total. The van der Waals surface area contributed by atoms with Gasteiger partial charge in [-0.3, -0.25) is 9.36 Å². The molecule has 0 saturated carbocycles. The maximum absolute atomic E-state index is 15.4. The van der Waals surface area contributed by atoms with Crippen molar-refractivity contribution >= 4 is 44.8 Å². The van der Waals surface area contributed by atoms with Crippen molar-refractivity contribution < 1.29 is 35.2 Å². The molecule has 1 aliphatic carbocycles. The van der Waals surface area contributed by atoms with E-state index in [1.54, 1.807) is 25.1 Å². The number of hydrogen-bond acceptors (Lipinski definition) is 8. The van der Waals surface area contributed by atoms with Gasteiger partial charge in [-0.25, -0.2) is 16.8 Å². The number of carbonyl (C=O) groups is 1. The summed E-state index contributed by atoms with van der Waals surface area (Å²) in [6.07, 6.45) is 5.01. The fourth-order valence-corrected chi connectivity index (χ4v) is 10.7. The van der Waals surface area contributed by atoms with Crippen LogP contribution in [0.3, 0.4) is 0 Å². The predicted molar refractivity (Wildman–Crippen MR) is 179 cm³/mol. The van der Waals surface area contributed by atoms with Crippen LogP contribution in [0.2, 0.25) is 5.02 Å². The summed E-state index contributed by atoms with van der Waals surface area (Å²) < 4.78 is 86.6. The smallest absolute Gasteiger partial charge is 0.307 e. The number of nitrogens with one attached hydrogen (secondary N) is 1. The van der Waals surface area contributed by atoms with Crippen LogP contribution in [-0.2, 0) is 38.8 Å². The summed E-state index contributed by atoms with van der Waals surface area (Å²) in [6.45, 7) is 5.63. The lowest BCUT2D eigenvalue weighted by molar-refractivity contribution is 0.103. The SMILES string of the molecule is CCCCCOP(=O)(OCCCCC)C1(NS(=O)(=O)c2ccc(Cl)cc2)C=C(S(=O)(=O)c2ccc(C)cc2)C(=O)c2ccccc21. The van der Waals surface area contributed by atoms with E-state index in [-0.39, 0.29) is 39.2 Å². The number of Topliss-reactive ketones (excluding diaryl/α,β-unsaturated/α-hetero) is 1. The summed E-state index contributed by atoms with van der Waals surface area (Å²) in [5, 5.41) is -2.15. The van der Waals surface area contributed by atoms with Crippen molar-refractivity contribution in [1.29, 1.82) is 0 Å². The molecule has 0 fully saturated rings. The molecule has 0 radical (unpaired) electrons. The lowest BCUT2D eigenvalue weighted by atomic mass is 9.92. The van der Waals surface area contributed by atoms with Crippen molar-refractivity contribution in [3.05, 3.63) is 105 Å². The number of halogens is 1. The van der Waals surface area contributed by atoms with Gasteiger partial charge in [0, 0.05) is 16.1 Å². The Labute approximate surface area is 276 Å². The maximum atomic E-state index is 15.4. The van der Waals surface area contributed by atoms with E-state index in [1.807, 2.05) is 13.8 Å². The highest BCUT2D eigenvalue weighted by molar-refractivity contribution is 7.96. The number of benzene rings is 3. The van der Waals surface area contributed by atoms with Gasteiger partial charge >= 0.3 is 7.60 Å². The van der Waals surface area contributed by atoms with E-state index in [1.165, 1.54) is 54.6 Å². The molecule has 1 unspecified atom stereocenters. The molecule has 1 aliphatic rings. The summed E-state index contributed by atoms with van der Waals surface area (Å²) in [4.78, 5) is 12.8. The van der Waals surface area contributed by atoms with Crippen LogP contribution in [0.4, 0.5) is 0 Å². The van der Waals surface area contributed by atoms with Gasteiger partial charge in [0.25, 0.3) is 0 Å². The van der Waals surface area contributed by atoms with Crippen LogP contribution in [0.5, 0.6) is 0 Å². The first-order valence-corrected chi connectivity index (χ1v) is 20.1. The number of fused-ring (bicyclic) bond motifs is 1. The van der Waals surface area contributed by atoms with Crippen molar-refractivity contribution in [2.75, 3.05) is 13.2 Å². The van der Waals surface area contributed by atoms with Gasteiger partial charge in [0.05, 0.1) is 23.0 Å². The van der Waals surface area contributed by atoms with Crippen molar-refractivity contribution in [2.24, 2.45) is 0 Å². The Bertz CT molecular complexity index is 1830. The number of carbonyl (C=O) groups excluding carboxylic acids is 1. The number of sulfone groups is 1. The molecule has 0 aliphatic heterocycles. The molecule has 1 atom stereocenters. The highest BCUT2D eigenvalue weighted by Gasteiger charge is 2.58. The van der Waals surface area contributed by atoms with Crippen molar-refractivity contribution in [2.45, 2.75) is 74.4 Å². The maximum Gasteiger partial charge on any atom is 0.360 e. The number of allylic oxidation sites excluding steroid dienone is 1. The van der Waals surface area contributed by atoms with Crippen LogP contribution in [0, 0.1) is 6.92 Å². The average molecular weight is 708 g/mol. The number of hydrogen-bond donors (Lipinski definition) is 1. The Morgan fingerprint density at radius 3 is 1.89 bits per heavy atom. The molecular weight excluding hydrogens is 669 g/mol. The first kappa shape index (κ1) is 36.2. The molecule has 0 amide bonds. The molecule has 3 aromatic rings. The minimum absolute atomic E-state index is 0.0466. The molecular formula is C33H39ClNO8PS2. The highest BCUT2D eigenvalue weighted by atomic mass is 35.5. The summed E-state index contributed by atoms with van der Waals surface area (Å²) >= 11 is 6.03. The molecule has 0 bridgehead atoms. The van der Waals surface area contributed by atoms with E-state index in [2.05, 4.69) is 4.72 Å². The van der Waals surface area contributed by atoms with Crippen LogP contribution >= 0.6 is 19.2 Å². The van der Waals surface area contributed by atoms with Gasteiger partial charge in [0.2, 0.25) is 25.6 Å². The van der Waals surface area contributed by atoms with Gasteiger partial charge in [-0.2, -0.15) is 4.72 Å². The zero-order valence-electron chi connectivity index (χ0n) is 26.1. The van der Waals surface area contributed by atoms with Crippen LogP contribution in [0.1, 0.15) is 73.9 Å². The lowest BCUT2D eigenvalue weighted by Crippen LogP contribution is -2.48. The number of unbranched alkanes of at least 4 members (excludes halogenated alkanes) is 4. The number of rotatable bonds is 16. The molecule has 13 heteroatoms. The average Bonchev–Trinajstić information content (AvgIpc) is 3.03. The third-order valence-corrected chi connectivity index (χ3v) is 13.7. The highest BCUT2D eigenvalue weighted by Crippen LogP contribution is 2.67. The molecule has 9 nitrogen and oxygen atoms in total. The van der Waals surface area contributed by atoms with Gasteiger partial charge in [-0.1, -0.05) is 93.1 Å². The molecule has 0 heterocycles. The van der Waals surface area contributed by atoms with Crippen molar-refractivity contribution in [1.82, 2.24) is 4.72 Å². The number of ketones is 1. The van der Waals surface area contributed by atoms with Gasteiger partial charge in [0.15, 0.2) is 5.28 Å². The second-order valence-electron chi connectivity index (χ2n) is 11.1. The van der Waals surface area contributed by atoms with Crippen molar-refractivity contribution in [3.63, 3.8) is 0 Å². The molecule has 0 saturated heterocycles. The Morgan fingerprint density at radius 2 is 1.33 bits per heavy atom. The molecule has 4 rings (SSSR count). The van der Waals surface area contributed by atoms with Crippen LogP contribution < -0.4 is 4.72 Å². The third kappa shape index (κ3) is 7.57. The van der Waals surface area contributed by atoms with Gasteiger partial charge in [0.1, 0.15) is 4.91 Å². The Kier molecular flexibility index (Phi) is 11.9. The van der Waals surface area contributed by atoms with Crippen molar-refractivity contribution in [3.8, 4) is 0 Å². The van der Waals surface area contributed by atoms with E-state index >= 15 is 4.57 Å². The zero-order valence-corrected chi connectivity index (χ0v) is 29.4. The van der Waals surface area contributed by atoms with Crippen LogP contribution in [-0.4, -0.2) is 35.8 Å². The normalized spacial score (nSPS) is 17.0. The van der Waals surface area contributed by atoms with Gasteiger partial charge in [-0.05, 0) is 62.2 Å². The van der Waals surface area contributed by atoms with E-state index < -0.39 is 43.4 Å². The summed E-state index contributed by atoms with van der Waals surface area (Å²) in [5.41, 5.74) is 0.600. The first-order chi connectivity index (χ1) is 21.8. The standard InChI is InChI=1S/C33H39ClNO8PS2/c1-4-6-10-22-42-44(37,43-23-11-7-5-2)33(35-46(40,41)28-20-16-26(34)17-21-28)24-31(32(36)29-12-8-9-13-30(29)33)45(38,39)27-18-14-25(3)15-19-27/h8-9,12-21,24,35H,4-7,10-11,22-23H2,1-3H3. The second-order valence-corrected chi connectivity index (χ2v) is 17.4. The minimum Gasteiger partial charge on any atom is -0.307 e. The van der Waals surface area contributed by atoms with E-state index in [9.17, 15) is 21.6 Å². The molecule has 248 valence electrons. The molecule has 46 heavy (non-hydrogen) atoms. The summed E-state index contributed by atoms with van der Waals surface area (Å²) in [7, 11) is -13.8. The number of aryl methyl sites for hydroxylation is 1. The van der Waals surface area contributed by atoms with Crippen LogP contribution in [0.25, 0.3) is 0 Å². The fraction of sp³-hybridized carbons (Fsp3) is 0.364. The topological polar surface area (TPSA) is 133 Å². The molecule has 3 aromatic carbocycles. The lowest BCUT2D eigenvalue weighted by Gasteiger charge is -2.40. The fourth-order valence-electron chi connectivity index (χ4n) is 5.08. The first-order valence-electron chi connectivity index (χ1n) is 15.2. The Hall–Kier alpha value is -2.63. The molecule has 0 aromatic heterocycles. The van der Waals surface area contributed by atoms with Crippen LogP contribution in [0.15, 0.2) is 93.6 Å². The Morgan fingerprint density at radius 1 is 0.783 bits per heavy atom. The zero-order chi connectivity index (χ0) is 33.6. The monoisotopic (exact) mass is 707 g/mol. The summed E-state index contributed by atoms with van der Waals surface area (Å²) in [5.74, 6) is -0.874. The number of sulfonamides is 1. The van der Waals surface area contributed by atoms with Gasteiger partial charge < -0.3 is 9.05 Å². The minimum atomic E-state index is -4.71. The largest absolute Gasteiger partial charge is 0.360 e.